The molecule has 112 valence electrons. The van der Waals surface area contributed by atoms with E-state index in [1.165, 1.54) is 25.3 Å². The van der Waals surface area contributed by atoms with Gasteiger partial charge >= 0.3 is 0 Å². The minimum Gasteiger partial charge on any atom is -0.496 e. The normalized spacial score (nSPS) is 18.1. The van der Waals surface area contributed by atoms with Gasteiger partial charge in [0, 0.05) is 5.75 Å². The van der Waals surface area contributed by atoms with E-state index in [1.54, 1.807) is 0 Å². The van der Waals surface area contributed by atoms with Crippen LogP contribution in [0, 0.1) is 10.1 Å². The molecule has 1 saturated heterocycles. The Kier molecular flexibility index (Phi) is 4.76. The molecule has 1 unspecified atom stereocenters. The number of nitrogens with zero attached hydrogens (tertiary/aromatic N) is 1. The van der Waals surface area contributed by atoms with Gasteiger partial charge in [0.2, 0.25) is 11.0 Å². The largest absolute Gasteiger partial charge is 0.496 e. The first-order valence-electron chi connectivity index (χ1n) is 6.03. The summed E-state index contributed by atoms with van der Waals surface area (Å²) >= 11 is 1.07. The molecule has 21 heavy (non-hydrogen) atoms. The average Bonchev–Trinajstić information content (AvgIpc) is 2.48. The lowest BCUT2D eigenvalue weighted by atomic mass is 10.2. The van der Waals surface area contributed by atoms with Crippen LogP contribution < -0.4 is 15.4 Å². The maximum Gasteiger partial charge on any atom is 0.296 e. The quantitative estimate of drug-likeness (QED) is 0.624. The Hall–Kier alpha value is -2.13. The standard InChI is InChI=1S/C12H13N3O5S/c1-20-7-2-3-8(10(4-7)15(18)19)14-12(17)9-6-21-11(16)5-13-9/h2-4,9,13H,5-6H2,1H3,(H,14,17). The molecule has 0 spiro atoms. The van der Waals surface area contributed by atoms with Crippen molar-refractivity contribution in [1.29, 1.82) is 0 Å². The molecule has 1 amide bonds. The van der Waals surface area contributed by atoms with Crippen molar-refractivity contribution in [2.45, 2.75) is 6.04 Å². The summed E-state index contributed by atoms with van der Waals surface area (Å²) in [7, 11) is 1.40. The van der Waals surface area contributed by atoms with E-state index in [0.717, 1.165) is 11.8 Å². The van der Waals surface area contributed by atoms with Crippen LogP contribution >= 0.6 is 11.8 Å². The molecule has 1 fully saturated rings. The summed E-state index contributed by atoms with van der Waals surface area (Å²) < 4.78 is 4.92. The van der Waals surface area contributed by atoms with E-state index in [1.807, 2.05) is 0 Å². The Morgan fingerprint density at radius 3 is 2.90 bits per heavy atom. The van der Waals surface area contributed by atoms with E-state index in [9.17, 15) is 19.7 Å². The fraction of sp³-hybridized carbons (Fsp3) is 0.333. The summed E-state index contributed by atoms with van der Waals surface area (Å²) in [5.74, 6) is 0.217. The molecular weight excluding hydrogens is 298 g/mol. The van der Waals surface area contributed by atoms with Crippen LogP contribution in [0.1, 0.15) is 0 Å². The van der Waals surface area contributed by atoms with E-state index in [0.29, 0.717) is 11.5 Å². The van der Waals surface area contributed by atoms with Crippen LogP contribution in [0.15, 0.2) is 18.2 Å². The van der Waals surface area contributed by atoms with Crippen molar-refractivity contribution in [2.75, 3.05) is 24.7 Å². The van der Waals surface area contributed by atoms with Gasteiger partial charge in [-0.25, -0.2) is 0 Å². The van der Waals surface area contributed by atoms with Gasteiger partial charge in [-0.3, -0.25) is 25.0 Å². The summed E-state index contributed by atoms with van der Waals surface area (Å²) in [6.45, 7) is 0.105. The molecule has 1 heterocycles. The maximum atomic E-state index is 12.1. The first-order chi connectivity index (χ1) is 10.0. The average molecular weight is 311 g/mol. The van der Waals surface area contributed by atoms with Crippen molar-refractivity contribution in [3.63, 3.8) is 0 Å². The van der Waals surface area contributed by atoms with Gasteiger partial charge in [-0.05, 0) is 12.1 Å². The molecule has 9 heteroatoms. The molecule has 0 aliphatic carbocycles. The number of amides is 1. The Bertz CT molecular complexity index is 582. The van der Waals surface area contributed by atoms with Crippen molar-refractivity contribution in [3.8, 4) is 5.75 Å². The van der Waals surface area contributed by atoms with E-state index in [2.05, 4.69) is 10.6 Å². The first-order valence-corrected chi connectivity index (χ1v) is 7.02. The van der Waals surface area contributed by atoms with E-state index >= 15 is 0 Å². The predicted molar refractivity (Wildman–Crippen MR) is 77.5 cm³/mol. The van der Waals surface area contributed by atoms with Crippen LogP contribution in [0.3, 0.4) is 0 Å². The lowest BCUT2D eigenvalue weighted by molar-refractivity contribution is -0.384. The van der Waals surface area contributed by atoms with Gasteiger partial charge < -0.3 is 10.1 Å². The number of nitrogens with one attached hydrogen (secondary N) is 2. The van der Waals surface area contributed by atoms with Gasteiger partial charge in [0.25, 0.3) is 5.69 Å². The molecule has 0 saturated carbocycles. The van der Waals surface area contributed by atoms with Gasteiger partial charge in [0.05, 0.1) is 30.7 Å². The third kappa shape index (κ3) is 3.70. The third-order valence-corrected chi connectivity index (χ3v) is 3.85. The minimum absolute atomic E-state index is 0.0329. The highest BCUT2D eigenvalue weighted by Crippen LogP contribution is 2.29. The van der Waals surface area contributed by atoms with Crippen molar-refractivity contribution >= 4 is 34.2 Å². The van der Waals surface area contributed by atoms with Gasteiger partial charge in [-0.15, -0.1) is 0 Å². The highest BCUT2D eigenvalue weighted by molar-refractivity contribution is 8.13. The molecule has 0 aromatic heterocycles. The van der Waals surface area contributed by atoms with Crippen molar-refractivity contribution in [3.05, 3.63) is 28.3 Å². The van der Waals surface area contributed by atoms with Crippen molar-refractivity contribution in [1.82, 2.24) is 5.32 Å². The minimum atomic E-state index is -0.593. The molecular formula is C12H13N3O5S. The number of nitro benzene ring substituents is 1. The van der Waals surface area contributed by atoms with E-state index in [4.69, 9.17) is 4.74 Å². The van der Waals surface area contributed by atoms with Crippen LogP contribution in [0.4, 0.5) is 11.4 Å². The molecule has 1 aromatic rings. The van der Waals surface area contributed by atoms with Crippen LogP contribution in [0.2, 0.25) is 0 Å². The Morgan fingerprint density at radius 1 is 1.57 bits per heavy atom. The summed E-state index contributed by atoms with van der Waals surface area (Å²) in [6.07, 6.45) is 0. The lowest BCUT2D eigenvalue weighted by Crippen LogP contribution is -2.47. The Balaban J connectivity index is 2.13. The zero-order valence-corrected chi connectivity index (χ0v) is 11.9. The van der Waals surface area contributed by atoms with Crippen molar-refractivity contribution in [2.24, 2.45) is 0 Å². The van der Waals surface area contributed by atoms with Gasteiger partial charge in [-0.2, -0.15) is 0 Å². The third-order valence-electron chi connectivity index (χ3n) is 2.88. The number of hydrogen-bond donors (Lipinski definition) is 2. The number of anilines is 1. The molecule has 0 bridgehead atoms. The molecule has 8 nitrogen and oxygen atoms in total. The topological polar surface area (TPSA) is 111 Å². The molecule has 1 aromatic carbocycles. The van der Waals surface area contributed by atoms with Gasteiger partial charge in [0.15, 0.2) is 0 Å². The number of thioether (sulfide) groups is 1. The summed E-state index contributed by atoms with van der Waals surface area (Å²) in [5.41, 5.74) is -0.156. The second-order valence-corrected chi connectivity index (χ2v) is 5.32. The van der Waals surface area contributed by atoms with Crippen LogP contribution in [-0.2, 0) is 9.59 Å². The molecule has 2 rings (SSSR count). The number of ether oxygens (including phenoxy) is 1. The lowest BCUT2D eigenvalue weighted by Gasteiger charge is -2.21. The zero-order valence-electron chi connectivity index (χ0n) is 11.1. The number of nitro groups is 1. The van der Waals surface area contributed by atoms with Crippen molar-refractivity contribution < 1.29 is 19.2 Å². The van der Waals surface area contributed by atoms with Gasteiger partial charge in [0.1, 0.15) is 11.4 Å². The van der Waals surface area contributed by atoms with E-state index in [-0.39, 0.29) is 23.0 Å². The molecule has 1 aliphatic heterocycles. The smallest absolute Gasteiger partial charge is 0.296 e. The second-order valence-electron chi connectivity index (χ2n) is 4.25. The van der Waals surface area contributed by atoms with Gasteiger partial charge in [-0.1, -0.05) is 11.8 Å². The monoisotopic (exact) mass is 311 g/mol. The number of benzene rings is 1. The fourth-order valence-electron chi connectivity index (χ4n) is 1.78. The highest BCUT2D eigenvalue weighted by atomic mass is 32.2. The highest BCUT2D eigenvalue weighted by Gasteiger charge is 2.26. The zero-order chi connectivity index (χ0) is 15.4. The van der Waals surface area contributed by atoms with Crippen LogP contribution in [-0.4, -0.2) is 41.4 Å². The fourth-order valence-corrected chi connectivity index (χ4v) is 2.58. The first kappa shape index (κ1) is 15.3. The number of hydrogen-bond acceptors (Lipinski definition) is 7. The molecule has 1 atom stereocenters. The number of carbonyl (C=O) groups excluding carboxylic acids is 2. The number of rotatable bonds is 4. The predicted octanol–water partition coefficient (Wildman–Crippen LogP) is 0.773. The summed E-state index contributed by atoms with van der Waals surface area (Å²) in [6, 6.07) is 3.61. The molecule has 2 N–H and O–H groups in total. The second kappa shape index (κ2) is 6.55. The Labute approximate surface area is 124 Å². The maximum absolute atomic E-state index is 12.1. The SMILES string of the molecule is COc1ccc(NC(=O)C2CSC(=O)CN2)c([N+](=O)[O-])c1. The van der Waals surface area contributed by atoms with E-state index < -0.39 is 16.9 Å². The van der Waals surface area contributed by atoms with Crippen LogP contribution in [0.25, 0.3) is 0 Å². The molecule has 0 radical (unpaired) electrons. The Morgan fingerprint density at radius 2 is 2.33 bits per heavy atom. The summed E-state index contributed by atoms with van der Waals surface area (Å²) in [4.78, 5) is 33.6. The summed E-state index contributed by atoms with van der Waals surface area (Å²) in [5, 5.41) is 16.3. The number of carbonyl (C=O) groups is 2. The van der Waals surface area contributed by atoms with Crippen LogP contribution in [0.5, 0.6) is 5.75 Å². The number of methoxy groups -OCH3 is 1. The molecule has 1 aliphatic rings.